The molecule has 0 amide bonds. The van der Waals surface area contributed by atoms with Crippen molar-refractivity contribution >= 4 is 21.9 Å². The zero-order valence-electron chi connectivity index (χ0n) is 15.2. The number of halogens is 1. The predicted molar refractivity (Wildman–Crippen MR) is 111 cm³/mol. The van der Waals surface area contributed by atoms with Gasteiger partial charge >= 0.3 is 0 Å². The van der Waals surface area contributed by atoms with Gasteiger partial charge < -0.3 is 4.90 Å². The Kier molecular flexibility index (Phi) is 5.07. The summed E-state index contributed by atoms with van der Waals surface area (Å²) in [7, 11) is 1.80. The summed E-state index contributed by atoms with van der Waals surface area (Å²) in [4.78, 5) is 23.7. The summed E-state index contributed by atoms with van der Waals surface area (Å²) < 4.78 is 2.74. The largest absolute Gasteiger partial charge is 0.342 e. The predicted octanol–water partition coefficient (Wildman–Crippen LogP) is 3.99. The fourth-order valence-corrected chi connectivity index (χ4v) is 3.91. The first-order valence-electron chi connectivity index (χ1n) is 9.11. The Morgan fingerprint density at radius 1 is 1.11 bits per heavy atom. The van der Waals surface area contributed by atoms with Crippen LogP contribution in [0.25, 0.3) is 11.3 Å². The SMILES string of the molecule is Cn1c(N2CCC[C@@H](c3ccc(Br)cc3)C2)nc(-c2ccncc2)cc1=O. The number of hydrogen-bond acceptors (Lipinski definition) is 4. The highest BCUT2D eigenvalue weighted by Crippen LogP contribution is 2.30. The Labute approximate surface area is 166 Å². The summed E-state index contributed by atoms with van der Waals surface area (Å²) in [6.45, 7) is 1.77. The highest BCUT2D eigenvalue weighted by molar-refractivity contribution is 9.10. The number of piperidine rings is 1. The van der Waals surface area contributed by atoms with Gasteiger partial charge in [-0.1, -0.05) is 28.1 Å². The Balaban J connectivity index is 1.67. The molecule has 3 heterocycles. The van der Waals surface area contributed by atoms with Gasteiger partial charge in [0.05, 0.1) is 5.69 Å². The lowest BCUT2D eigenvalue weighted by Gasteiger charge is -2.34. The smallest absolute Gasteiger partial charge is 0.255 e. The van der Waals surface area contributed by atoms with Crippen LogP contribution in [0.15, 0.2) is 64.1 Å². The first-order valence-corrected chi connectivity index (χ1v) is 9.90. The monoisotopic (exact) mass is 424 g/mol. The molecule has 0 unspecified atom stereocenters. The molecule has 0 radical (unpaired) electrons. The molecule has 3 aromatic rings. The van der Waals surface area contributed by atoms with E-state index in [2.05, 4.69) is 50.1 Å². The van der Waals surface area contributed by atoms with Gasteiger partial charge in [-0.05, 0) is 42.7 Å². The van der Waals surface area contributed by atoms with Crippen molar-refractivity contribution in [3.63, 3.8) is 0 Å². The number of pyridine rings is 1. The molecule has 1 aliphatic heterocycles. The van der Waals surface area contributed by atoms with Crippen LogP contribution < -0.4 is 10.5 Å². The van der Waals surface area contributed by atoms with E-state index in [-0.39, 0.29) is 5.56 Å². The number of rotatable bonds is 3. The van der Waals surface area contributed by atoms with Crippen LogP contribution in [0.2, 0.25) is 0 Å². The van der Waals surface area contributed by atoms with Gasteiger partial charge in [-0.15, -0.1) is 0 Å². The molecule has 0 N–H and O–H groups in total. The quantitative estimate of drug-likeness (QED) is 0.637. The van der Waals surface area contributed by atoms with Gasteiger partial charge in [0.15, 0.2) is 0 Å². The lowest BCUT2D eigenvalue weighted by Crippen LogP contribution is -2.38. The topological polar surface area (TPSA) is 51.0 Å². The minimum absolute atomic E-state index is 0.0439. The fourth-order valence-electron chi connectivity index (χ4n) is 3.65. The molecule has 27 heavy (non-hydrogen) atoms. The van der Waals surface area contributed by atoms with Crippen molar-refractivity contribution in [2.24, 2.45) is 7.05 Å². The fraction of sp³-hybridized carbons (Fsp3) is 0.286. The van der Waals surface area contributed by atoms with Crippen LogP contribution in [0.1, 0.15) is 24.3 Å². The van der Waals surface area contributed by atoms with E-state index in [9.17, 15) is 4.79 Å². The molecule has 2 aromatic heterocycles. The number of hydrogen-bond donors (Lipinski definition) is 0. The van der Waals surface area contributed by atoms with E-state index in [0.717, 1.165) is 41.9 Å². The summed E-state index contributed by atoms with van der Waals surface area (Å²) in [5, 5.41) is 0. The van der Waals surface area contributed by atoms with Crippen molar-refractivity contribution in [1.82, 2.24) is 14.5 Å². The van der Waals surface area contributed by atoms with Crippen LogP contribution in [0.3, 0.4) is 0 Å². The van der Waals surface area contributed by atoms with Crippen molar-refractivity contribution in [3.05, 3.63) is 75.2 Å². The highest BCUT2D eigenvalue weighted by Gasteiger charge is 2.24. The molecule has 1 aromatic carbocycles. The van der Waals surface area contributed by atoms with Crippen molar-refractivity contribution in [2.75, 3.05) is 18.0 Å². The summed E-state index contributed by atoms with van der Waals surface area (Å²) in [6, 6.07) is 13.9. The van der Waals surface area contributed by atoms with Gasteiger partial charge in [0.25, 0.3) is 5.56 Å². The lowest BCUT2D eigenvalue weighted by atomic mass is 9.91. The van der Waals surface area contributed by atoms with E-state index in [1.54, 1.807) is 30.1 Å². The number of benzene rings is 1. The Morgan fingerprint density at radius 2 is 1.85 bits per heavy atom. The Hall–Kier alpha value is -2.47. The molecule has 1 atom stereocenters. The van der Waals surface area contributed by atoms with E-state index in [1.165, 1.54) is 5.56 Å². The zero-order chi connectivity index (χ0) is 18.8. The Morgan fingerprint density at radius 3 is 2.59 bits per heavy atom. The summed E-state index contributed by atoms with van der Waals surface area (Å²) in [6.07, 6.45) is 5.67. The molecule has 6 heteroatoms. The van der Waals surface area contributed by atoms with Crippen LogP contribution >= 0.6 is 15.9 Å². The van der Waals surface area contributed by atoms with Crippen LogP contribution in [0.5, 0.6) is 0 Å². The number of anilines is 1. The van der Waals surface area contributed by atoms with Crippen molar-refractivity contribution < 1.29 is 0 Å². The van der Waals surface area contributed by atoms with Gasteiger partial charge in [0.1, 0.15) is 0 Å². The first-order chi connectivity index (χ1) is 13.1. The lowest BCUT2D eigenvalue weighted by molar-refractivity contribution is 0.497. The first kappa shape index (κ1) is 17.9. The maximum absolute atomic E-state index is 12.5. The average Bonchev–Trinajstić information content (AvgIpc) is 2.71. The average molecular weight is 425 g/mol. The molecule has 0 spiro atoms. The van der Waals surface area contributed by atoms with E-state index in [0.29, 0.717) is 11.6 Å². The van der Waals surface area contributed by atoms with Crippen molar-refractivity contribution in [2.45, 2.75) is 18.8 Å². The molecular formula is C21H21BrN4O. The summed E-state index contributed by atoms with van der Waals surface area (Å²) in [5.41, 5.74) is 2.89. The van der Waals surface area contributed by atoms with Gasteiger partial charge in [0, 0.05) is 54.6 Å². The molecule has 138 valence electrons. The molecule has 1 aliphatic rings. The molecule has 1 saturated heterocycles. The molecule has 0 bridgehead atoms. The van der Waals surface area contributed by atoms with Gasteiger partial charge in [-0.3, -0.25) is 14.3 Å². The maximum atomic E-state index is 12.5. The molecule has 0 aliphatic carbocycles. The second-order valence-electron chi connectivity index (χ2n) is 6.91. The minimum Gasteiger partial charge on any atom is -0.342 e. The number of nitrogens with zero attached hydrogens (tertiary/aromatic N) is 4. The summed E-state index contributed by atoms with van der Waals surface area (Å²) in [5.74, 6) is 1.17. The van der Waals surface area contributed by atoms with Crippen LogP contribution in [-0.2, 0) is 7.05 Å². The number of aromatic nitrogens is 3. The maximum Gasteiger partial charge on any atom is 0.255 e. The molecule has 4 rings (SSSR count). The molecular weight excluding hydrogens is 404 g/mol. The normalized spacial score (nSPS) is 17.1. The molecule has 0 saturated carbocycles. The second kappa shape index (κ2) is 7.64. The zero-order valence-corrected chi connectivity index (χ0v) is 16.8. The van der Waals surface area contributed by atoms with Gasteiger partial charge in [-0.2, -0.15) is 0 Å². The highest BCUT2D eigenvalue weighted by atomic mass is 79.9. The third kappa shape index (κ3) is 3.81. The summed E-state index contributed by atoms with van der Waals surface area (Å²) >= 11 is 3.50. The van der Waals surface area contributed by atoms with Gasteiger partial charge in [0.2, 0.25) is 5.95 Å². The standard InChI is InChI=1S/C21H21BrN4O/c1-25-20(27)13-19(16-8-10-23-11-9-16)24-21(25)26-12-2-3-17(14-26)15-4-6-18(22)7-5-15/h4-11,13,17H,2-3,12,14H2,1H3/t17-/m1/s1. The van der Waals surface area contributed by atoms with E-state index in [1.807, 2.05) is 12.1 Å². The minimum atomic E-state index is -0.0439. The molecule has 5 nitrogen and oxygen atoms in total. The van der Waals surface area contributed by atoms with Gasteiger partial charge in [-0.25, -0.2) is 4.98 Å². The van der Waals surface area contributed by atoms with E-state index in [4.69, 9.17) is 4.98 Å². The van der Waals surface area contributed by atoms with E-state index >= 15 is 0 Å². The van der Waals surface area contributed by atoms with Crippen LogP contribution in [0.4, 0.5) is 5.95 Å². The Bertz CT molecular complexity index is 985. The second-order valence-corrected chi connectivity index (χ2v) is 7.83. The van der Waals surface area contributed by atoms with Crippen molar-refractivity contribution in [1.29, 1.82) is 0 Å². The molecule has 1 fully saturated rings. The van der Waals surface area contributed by atoms with Crippen molar-refractivity contribution in [3.8, 4) is 11.3 Å². The third-order valence-corrected chi connectivity index (χ3v) is 5.66. The van der Waals surface area contributed by atoms with Crippen LogP contribution in [-0.4, -0.2) is 27.6 Å². The van der Waals surface area contributed by atoms with Crippen LogP contribution in [0, 0.1) is 0 Å². The van der Waals surface area contributed by atoms with E-state index < -0.39 is 0 Å². The third-order valence-electron chi connectivity index (χ3n) is 5.13.